The van der Waals surface area contributed by atoms with Crippen LogP contribution in [0.5, 0.6) is 5.88 Å². The van der Waals surface area contributed by atoms with E-state index in [4.69, 9.17) is 9.47 Å². The zero-order chi connectivity index (χ0) is 22.2. The minimum atomic E-state index is -2.61. The Morgan fingerprint density at radius 2 is 2.10 bits per heavy atom. The SMILES string of the molecule is C[C@H]1CO[C@@H](C2C=C(NC(=O)c3cc(OCC(F)F)nn3C)N(C(C)(C)C)N2C)C1. The first-order valence-electron chi connectivity index (χ1n) is 10.1. The monoisotopic (exact) mass is 427 g/mol. The number of alkyl halides is 2. The lowest BCUT2D eigenvalue weighted by Gasteiger charge is -2.43. The highest BCUT2D eigenvalue weighted by Crippen LogP contribution is 2.34. The molecule has 1 saturated heterocycles. The van der Waals surface area contributed by atoms with Crippen molar-refractivity contribution in [2.45, 2.75) is 58.2 Å². The van der Waals surface area contributed by atoms with Crippen LogP contribution in [0.4, 0.5) is 8.78 Å². The Morgan fingerprint density at radius 1 is 1.40 bits per heavy atom. The summed E-state index contributed by atoms with van der Waals surface area (Å²) in [6, 6.07) is 1.36. The van der Waals surface area contributed by atoms with Crippen molar-refractivity contribution in [3.05, 3.63) is 23.7 Å². The molecule has 1 aromatic rings. The summed E-state index contributed by atoms with van der Waals surface area (Å²) in [6.45, 7) is 8.31. The summed E-state index contributed by atoms with van der Waals surface area (Å²) in [7, 11) is 3.55. The summed E-state index contributed by atoms with van der Waals surface area (Å²) in [6.07, 6.45) is 0.407. The van der Waals surface area contributed by atoms with Gasteiger partial charge in [0.1, 0.15) is 11.5 Å². The van der Waals surface area contributed by atoms with E-state index in [-0.39, 0.29) is 29.3 Å². The number of aromatic nitrogens is 2. The van der Waals surface area contributed by atoms with Crippen LogP contribution in [-0.2, 0) is 11.8 Å². The molecule has 0 aromatic carbocycles. The van der Waals surface area contributed by atoms with Crippen molar-refractivity contribution in [3.8, 4) is 5.88 Å². The molecule has 1 amide bonds. The van der Waals surface area contributed by atoms with E-state index in [0.717, 1.165) is 13.0 Å². The molecule has 2 aliphatic rings. The van der Waals surface area contributed by atoms with Crippen LogP contribution in [0.15, 0.2) is 18.0 Å². The van der Waals surface area contributed by atoms with E-state index >= 15 is 0 Å². The number of carbonyl (C=O) groups is 1. The number of halogens is 2. The number of hydrazine groups is 1. The van der Waals surface area contributed by atoms with Crippen LogP contribution in [0.2, 0.25) is 0 Å². The number of likely N-dealkylation sites (N-methyl/N-ethyl adjacent to an activating group) is 1. The molecule has 2 aliphatic heterocycles. The fraction of sp³-hybridized carbons (Fsp3) is 0.700. The molecule has 0 bridgehead atoms. The van der Waals surface area contributed by atoms with Gasteiger partial charge in [-0.3, -0.25) is 14.5 Å². The van der Waals surface area contributed by atoms with Gasteiger partial charge in [-0.15, -0.1) is 5.10 Å². The van der Waals surface area contributed by atoms with Crippen molar-refractivity contribution in [1.82, 2.24) is 25.1 Å². The van der Waals surface area contributed by atoms with E-state index < -0.39 is 18.9 Å². The van der Waals surface area contributed by atoms with Crippen LogP contribution in [0.25, 0.3) is 0 Å². The van der Waals surface area contributed by atoms with Gasteiger partial charge in [0.15, 0.2) is 6.61 Å². The van der Waals surface area contributed by atoms with E-state index in [0.29, 0.717) is 11.7 Å². The van der Waals surface area contributed by atoms with Crippen molar-refractivity contribution in [2.24, 2.45) is 13.0 Å². The quantitative estimate of drug-likeness (QED) is 0.752. The number of hydrogen-bond acceptors (Lipinski definition) is 6. The molecule has 3 heterocycles. The molecule has 30 heavy (non-hydrogen) atoms. The predicted molar refractivity (Wildman–Crippen MR) is 107 cm³/mol. The van der Waals surface area contributed by atoms with Crippen LogP contribution in [0.1, 0.15) is 44.6 Å². The average molecular weight is 427 g/mol. The van der Waals surface area contributed by atoms with Gasteiger partial charge in [0.2, 0.25) is 5.88 Å². The molecule has 3 atom stereocenters. The maximum atomic E-state index is 12.9. The molecule has 168 valence electrons. The average Bonchev–Trinajstić information content (AvgIpc) is 3.29. The Bertz CT molecular complexity index is 805. The smallest absolute Gasteiger partial charge is 0.275 e. The minimum absolute atomic E-state index is 0.000878. The van der Waals surface area contributed by atoms with Gasteiger partial charge in [0.25, 0.3) is 12.3 Å². The molecule has 1 N–H and O–H groups in total. The number of nitrogens with one attached hydrogen (secondary N) is 1. The van der Waals surface area contributed by atoms with Gasteiger partial charge in [0.05, 0.1) is 12.1 Å². The van der Waals surface area contributed by atoms with Gasteiger partial charge in [-0.25, -0.2) is 13.8 Å². The van der Waals surface area contributed by atoms with E-state index in [1.54, 1.807) is 7.05 Å². The molecule has 1 unspecified atom stereocenters. The number of hydrogen-bond donors (Lipinski definition) is 1. The summed E-state index contributed by atoms with van der Waals surface area (Å²) in [5, 5.41) is 11.1. The molecule has 0 saturated carbocycles. The third kappa shape index (κ3) is 4.75. The fourth-order valence-corrected chi connectivity index (χ4v) is 4.03. The van der Waals surface area contributed by atoms with Crippen LogP contribution < -0.4 is 10.1 Å². The Morgan fingerprint density at radius 3 is 2.67 bits per heavy atom. The predicted octanol–water partition coefficient (Wildman–Crippen LogP) is 2.39. The maximum Gasteiger partial charge on any atom is 0.275 e. The number of carbonyl (C=O) groups excluding carboxylic acids is 1. The van der Waals surface area contributed by atoms with Crippen LogP contribution in [0.3, 0.4) is 0 Å². The molecule has 1 aromatic heterocycles. The van der Waals surface area contributed by atoms with Gasteiger partial charge in [0, 0.05) is 32.3 Å². The third-order valence-electron chi connectivity index (χ3n) is 5.24. The first-order chi connectivity index (χ1) is 14.0. The van der Waals surface area contributed by atoms with E-state index in [9.17, 15) is 13.6 Å². The number of aryl methyl sites for hydroxylation is 1. The van der Waals surface area contributed by atoms with Crippen LogP contribution in [-0.4, -0.2) is 70.1 Å². The van der Waals surface area contributed by atoms with Gasteiger partial charge in [-0.05, 0) is 39.2 Å². The lowest BCUT2D eigenvalue weighted by molar-refractivity contribution is -0.0733. The second-order valence-corrected chi connectivity index (χ2v) is 8.96. The second-order valence-electron chi connectivity index (χ2n) is 8.96. The van der Waals surface area contributed by atoms with Gasteiger partial charge in [-0.1, -0.05) is 6.92 Å². The van der Waals surface area contributed by atoms with Gasteiger partial charge >= 0.3 is 0 Å². The van der Waals surface area contributed by atoms with Gasteiger partial charge in [-0.2, -0.15) is 0 Å². The summed E-state index contributed by atoms with van der Waals surface area (Å²) >= 11 is 0. The van der Waals surface area contributed by atoms with Crippen molar-refractivity contribution < 1.29 is 23.0 Å². The first kappa shape index (κ1) is 22.5. The molecule has 0 spiro atoms. The first-order valence-corrected chi connectivity index (χ1v) is 10.1. The molecule has 0 radical (unpaired) electrons. The normalized spacial score (nSPS) is 25.2. The Labute approximate surface area is 175 Å². The molecule has 1 fully saturated rings. The third-order valence-corrected chi connectivity index (χ3v) is 5.24. The van der Waals surface area contributed by atoms with Crippen LogP contribution in [0, 0.1) is 5.92 Å². The van der Waals surface area contributed by atoms with E-state index in [1.807, 2.05) is 18.1 Å². The summed E-state index contributed by atoms with van der Waals surface area (Å²) in [4.78, 5) is 12.9. The number of nitrogens with zero attached hydrogens (tertiary/aromatic N) is 4. The lowest BCUT2D eigenvalue weighted by Crippen LogP contribution is -2.54. The van der Waals surface area contributed by atoms with Crippen molar-refractivity contribution in [3.63, 3.8) is 0 Å². The topological polar surface area (TPSA) is 71.9 Å². The lowest BCUT2D eigenvalue weighted by atomic mass is 10.0. The summed E-state index contributed by atoms with van der Waals surface area (Å²) < 4.78 is 37.0. The maximum absolute atomic E-state index is 12.9. The number of ether oxygens (including phenoxy) is 2. The van der Waals surface area contributed by atoms with Crippen molar-refractivity contribution in [2.75, 3.05) is 20.3 Å². The Hall–Kier alpha value is -2.20. The fourth-order valence-electron chi connectivity index (χ4n) is 4.03. The number of amides is 1. The Balaban J connectivity index is 1.79. The molecular formula is C20H31F2N5O3. The van der Waals surface area contributed by atoms with Crippen LogP contribution >= 0.6 is 0 Å². The largest absolute Gasteiger partial charge is 0.471 e. The number of rotatable bonds is 6. The molecular weight excluding hydrogens is 396 g/mol. The van der Waals surface area contributed by atoms with E-state index in [1.165, 1.54) is 10.7 Å². The summed E-state index contributed by atoms with van der Waals surface area (Å²) in [5.74, 6) is 0.741. The summed E-state index contributed by atoms with van der Waals surface area (Å²) in [5.41, 5.74) is -0.0731. The van der Waals surface area contributed by atoms with Crippen molar-refractivity contribution >= 4 is 5.91 Å². The Kier molecular flexibility index (Phi) is 6.37. The molecule has 3 rings (SSSR count). The zero-order valence-electron chi connectivity index (χ0n) is 18.4. The minimum Gasteiger partial charge on any atom is -0.471 e. The highest BCUT2D eigenvalue weighted by Gasteiger charge is 2.42. The molecule has 8 nitrogen and oxygen atoms in total. The molecule has 0 aliphatic carbocycles. The van der Waals surface area contributed by atoms with E-state index in [2.05, 4.69) is 43.1 Å². The molecule has 10 heteroatoms. The second kappa shape index (κ2) is 8.50. The highest BCUT2D eigenvalue weighted by atomic mass is 19.3. The van der Waals surface area contributed by atoms with Gasteiger partial charge < -0.3 is 14.8 Å². The van der Waals surface area contributed by atoms with Crippen molar-refractivity contribution in [1.29, 1.82) is 0 Å². The standard InChI is InChI=1S/C20H31F2N5O3/c1-12-7-15(29-10-12)13-8-17(27(26(13)6)20(2,3)4)23-19(28)14-9-18(24-25(14)5)30-11-16(21)22/h8-9,12-13,15-16H,7,10-11H2,1-6H3,(H,23,28)/t12-,13?,15-/m1/s1. The highest BCUT2D eigenvalue weighted by molar-refractivity contribution is 5.94. The zero-order valence-corrected chi connectivity index (χ0v) is 18.4.